The van der Waals surface area contributed by atoms with Crippen LogP contribution in [0.25, 0.3) is 0 Å². The Labute approximate surface area is 94.5 Å². The molecule has 0 heterocycles. The van der Waals surface area contributed by atoms with Crippen LogP contribution in [0.3, 0.4) is 0 Å². The van der Waals surface area contributed by atoms with E-state index in [1.165, 1.54) is 6.42 Å². The maximum absolute atomic E-state index is 5.52. The highest BCUT2D eigenvalue weighted by Crippen LogP contribution is 2.03. The second-order valence-electron chi connectivity index (χ2n) is 4.20. The maximum Gasteiger partial charge on any atom is 0.172 e. The number of ether oxygens (including phenoxy) is 2. The summed E-state index contributed by atoms with van der Waals surface area (Å²) < 4.78 is 11.0. The summed E-state index contributed by atoms with van der Waals surface area (Å²) in [5.41, 5.74) is 0. The van der Waals surface area contributed by atoms with Gasteiger partial charge in [0.25, 0.3) is 0 Å². The molecule has 0 aliphatic heterocycles. The number of hydrogen-bond acceptors (Lipinski definition) is 3. The summed E-state index contributed by atoms with van der Waals surface area (Å²) in [4.78, 5) is 0. The summed E-state index contributed by atoms with van der Waals surface area (Å²) >= 11 is 0. The SMILES string of the molecule is CCOC(OCC)[C@H](C)NCCC(C)C. The monoisotopic (exact) mass is 217 g/mol. The first-order valence-corrected chi connectivity index (χ1v) is 6.08. The molecule has 3 nitrogen and oxygen atoms in total. The number of nitrogens with one attached hydrogen (secondary N) is 1. The van der Waals surface area contributed by atoms with Crippen LogP contribution >= 0.6 is 0 Å². The van der Waals surface area contributed by atoms with Crippen molar-refractivity contribution in [2.45, 2.75) is 53.4 Å². The molecule has 0 unspecified atom stereocenters. The van der Waals surface area contributed by atoms with Crippen molar-refractivity contribution in [3.8, 4) is 0 Å². The topological polar surface area (TPSA) is 30.5 Å². The van der Waals surface area contributed by atoms with Gasteiger partial charge in [0.05, 0.1) is 6.04 Å². The van der Waals surface area contributed by atoms with Crippen LogP contribution in [0.15, 0.2) is 0 Å². The van der Waals surface area contributed by atoms with Gasteiger partial charge >= 0.3 is 0 Å². The van der Waals surface area contributed by atoms with Gasteiger partial charge in [0.15, 0.2) is 6.29 Å². The lowest BCUT2D eigenvalue weighted by Gasteiger charge is -2.24. The normalized spacial score (nSPS) is 13.8. The van der Waals surface area contributed by atoms with E-state index in [0.717, 1.165) is 12.5 Å². The Morgan fingerprint density at radius 1 is 1.00 bits per heavy atom. The summed E-state index contributed by atoms with van der Waals surface area (Å²) in [5, 5.41) is 3.43. The Morgan fingerprint density at radius 3 is 1.93 bits per heavy atom. The van der Waals surface area contributed by atoms with Gasteiger partial charge in [0.2, 0.25) is 0 Å². The van der Waals surface area contributed by atoms with Crippen LogP contribution in [0.1, 0.15) is 41.0 Å². The highest BCUT2D eigenvalue weighted by atomic mass is 16.7. The second kappa shape index (κ2) is 9.13. The van der Waals surface area contributed by atoms with Crippen LogP contribution in [-0.4, -0.2) is 32.1 Å². The van der Waals surface area contributed by atoms with Crippen LogP contribution in [0.2, 0.25) is 0 Å². The molecule has 1 N–H and O–H groups in total. The van der Waals surface area contributed by atoms with Gasteiger partial charge in [-0.15, -0.1) is 0 Å². The standard InChI is InChI=1S/C12H27NO2/c1-6-14-12(15-7-2)11(5)13-9-8-10(3)4/h10-13H,6-9H2,1-5H3/t11-/m0/s1. The minimum atomic E-state index is -0.118. The highest BCUT2D eigenvalue weighted by Gasteiger charge is 2.16. The molecule has 0 bridgehead atoms. The van der Waals surface area contributed by atoms with Crippen LogP contribution < -0.4 is 5.32 Å². The van der Waals surface area contributed by atoms with Crippen LogP contribution in [0, 0.1) is 5.92 Å². The molecule has 1 atom stereocenters. The van der Waals surface area contributed by atoms with E-state index in [1.807, 2.05) is 13.8 Å². The molecule has 0 aromatic carbocycles. The molecule has 0 aromatic heterocycles. The third-order valence-electron chi connectivity index (χ3n) is 2.26. The predicted octanol–water partition coefficient (Wildman–Crippen LogP) is 2.41. The van der Waals surface area contributed by atoms with Crippen molar-refractivity contribution in [2.75, 3.05) is 19.8 Å². The summed E-state index contributed by atoms with van der Waals surface area (Å²) in [6.45, 7) is 13.0. The first-order chi connectivity index (χ1) is 7.11. The Morgan fingerprint density at radius 2 is 1.53 bits per heavy atom. The van der Waals surface area contributed by atoms with Crippen LogP contribution in [0.4, 0.5) is 0 Å². The Balaban J connectivity index is 3.74. The third-order valence-corrected chi connectivity index (χ3v) is 2.26. The minimum absolute atomic E-state index is 0.118. The van der Waals surface area contributed by atoms with Gasteiger partial charge in [-0.2, -0.15) is 0 Å². The Kier molecular flexibility index (Phi) is 9.06. The first kappa shape index (κ1) is 14.9. The molecule has 0 saturated heterocycles. The van der Waals surface area contributed by atoms with E-state index in [0.29, 0.717) is 13.2 Å². The fourth-order valence-electron chi connectivity index (χ4n) is 1.36. The zero-order chi connectivity index (χ0) is 11.7. The molecule has 92 valence electrons. The van der Waals surface area contributed by atoms with Crippen molar-refractivity contribution < 1.29 is 9.47 Å². The van der Waals surface area contributed by atoms with E-state index in [9.17, 15) is 0 Å². The highest BCUT2D eigenvalue weighted by molar-refractivity contribution is 4.65. The molecule has 0 radical (unpaired) electrons. The molecule has 3 heteroatoms. The largest absolute Gasteiger partial charge is 0.351 e. The van der Waals surface area contributed by atoms with E-state index < -0.39 is 0 Å². The van der Waals surface area contributed by atoms with Gasteiger partial charge in [-0.25, -0.2) is 0 Å². The van der Waals surface area contributed by atoms with Crippen molar-refractivity contribution >= 4 is 0 Å². The van der Waals surface area contributed by atoms with E-state index in [4.69, 9.17) is 9.47 Å². The van der Waals surface area contributed by atoms with Crippen molar-refractivity contribution in [3.63, 3.8) is 0 Å². The molecule has 0 amide bonds. The molecule has 0 aliphatic rings. The van der Waals surface area contributed by atoms with Crippen molar-refractivity contribution in [2.24, 2.45) is 5.92 Å². The van der Waals surface area contributed by atoms with E-state index in [2.05, 4.69) is 26.1 Å². The zero-order valence-electron chi connectivity index (χ0n) is 10.9. The average Bonchev–Trinajstić information content (AvgIpc) is 2.16. The lowest BCUT2D eigenvalue weighted by molar-refractivity contribution is -0.150. The van der Waals surface area contributed by atoms with Crippen molar-refractivity contribution in [1.82, 2.24) is 5.32 Å². The van der Waals surface area contributed by atoms with Crippen LogP contribution in [0.5, 0.6) is 0 Å². The lowest BCUT2D eigenvalue weighted by atomic mass is 10.1. The fraction of sp³-hybridized carbons (Fsp3) is 1.00. The molecule has 0 saturated carbocycles. The van der Waals surface area contributed by atoms with Gasteiger partial charge in [-0.3, -0.25) is 0 Å². The summed E-state index contributed by atoms with van der Waals surface area (Å²) in [6, 6.07) is 0.253. The summed E-state index contributed by atoms with van der Waals surface area (Å²) in [7, 11) is 0. The van der Waals surface area contributed by atoms with Gasteiger partial charge < -0.3 is 14.8 Å². The number of rotatable bonds is 9. The summed E-state index contributed by atoms with van der Waals surface area (Å²) in [6.07, 6.45) is 1.07. The molecule has 0 fully saturated rings. The lowest BCUT2D eigenvalue weighted by Crippen LogP contribution is -2.41. The smallest absolute Gasteiger partial charge is 0.172 e. The molecule has 0 aliphatic carbocycles. The van der Waals surface area contributed by atoms with Gasteiger partial charge in [0.1, 0.15) is 0 Å². The predicted molar refractivity (Wildman–Crippen MR) is 64.0 cm³/mol. The molecule has 0 aromatic rings. The Bertz CT molecular complexity index is 134. The molecular formula is C12H27NO2. The zero-order valence-corrected chi connectivity index (χ0v) is 10.9. The van der Waals surface area contributed by atoms with E-state index in [1.54, 1.807) is 0 Å². The quantitative estimate of drug-likeness (QED) is 0.602. The average molecular weight is 217 g/mol. The van der Waals surface area contributed by atoms with E-state index >= 15 is 0 Å². The van der Waals surface area contributed by atoms with Crippen molar-refractivity contribution in [3.05, 3.63) is 0 Å². The maximum atomic E-state index is 5.52. The number of hydrogen-bond donors (Lipinski definition) is 1. The van der Waals surface area contributed by atoms with Gasteiger partial charge in [-0.05, 0) is 39.7 Å². The van der Waals surface area contributed by atoms with Gasteiger partial charge in [-0.1, -0.05) is 13.8 Å². The molecule has 0 spiro atoms. The second-order valence-corrected chi connectivity index (χ2v) is 4.20. The first-order valence-electron chi connectivity index (χ1n) is 6.08. The fourth-order valence-corrected chi connectivity index (χ4v) is 1.36. The minimum Gasteiger partial charge on any atom is -0.351 e. The molecular weight excluding hydrogens is 190 g/mol. The molecule has 0 rings (SSSR count). The third kappa shape index (κ3) is 7.77. The summed E-state index contributed by atoms with van der Waals surface area (Å²) in [5.74, 6) is 0.738. The Hall–Kier alpha value is -0.120. The van der Waals surface area contributed by atoms with E-state index in [-0.39, 0.29) is 12.3 Å². The van der Waals surface area contributed by atoms with Crippen molar-refractivity contribution in [1.29, 1.82) is 0 Å². The molecule has 15 heavy (non-hydrogen) atoms. The van der Waals surface area contributed by atoms with Gasteiger partial charge in [0, 0.05) is 13.2 Å². The van der Waals surface area contributed by atoms with Crippen LogP contribution in [-0.2, 0) is 9.47 Å².